The number of rotatable bonds is 7. The molecule has 0 unspecified atom stereocenters. The molecule has 4 rings (SSSR count). The Morgan fingerprint density at radius 1 is 1.22 bits per heavy atom. The number of fused-ring (bicyclic) bond motifs is 1. The van der Waals surface area contributed by atoms with Crippen molar-refractivity contribution in [3.8, 4) is 11.5 Å². The van der Waals surface area contributed by atoms with Gasteiger partial charge in [-0.3, -0.25) is 9.69 Å². The number of thiazole rings is 1. The van der Waals surface area contributed by atoms with E-state index in [0.717, 1.165) is 35.7 Å². The molecule has 32 heavy (non-hydrogen) atoms. The molecule has 1 aliphatic heterocycles. The SMILES string of the molecule is CCOc1c(Cl)cc(C=CC(=O)N2CCN(Cc3nc4ccccc4s3)CC2)cc1OC. The third-order valence-electron chi connectivity index (χ3n) is 5.34. The van der Waals surface area contributed by atoms with Crippen molar-refractivity contribution in [3.05, 3.63) is 58.1 Å². The van der Waals surface area contributed by atoms with Gasteiger partial charge in [-0.25, -0.2) is 4.98 Å². The number of aromatic nitrogens is 1. The zero-order valence-corrected chi connectivity index (χ0v) is 19.8. The molecule has 8 heteroatoms. The molecule has 168 valence electrons. The second kappa shape index (κ2) is 10.3. The van der Waals surface area contributed by atoms with E-state index in [1.807, 2.05) is 36.1 Å². The van der Waals surface area contributed by atoms with Crippen LogP contribution < -0.4 is 9.47 Å². The number of methoxy groups -OCH3 is 1. The van der Waals surface area contributed by atoms with Gasteiger partial charge in [0, 0.05) is 32.3 Å². The molecule has 1 fully saturated rings. The van der Waals surface area contributed by atoms with Crippen molar-refractivity contribution >= 4 is 45.1 Å². The van der Waals surface area contributed by atoms with Gasteiger partial charge in [-0.2, -0.15) is 0 Å². The number of hydrogen-bond acceptors (Lipinski definition) is 6. The van der Waals surface area contributed by atoms with Crippen LogP contribution >= 0.6 is 22.9 Å². The van der Waals surface area contributed by atoms with E-state index in [2.05, 4.69) is 11.0 Å². The number of piperazine rings is 1. The highest BCUT2D eigenvalue weighted by molar-refractivity contribution is 7.18. The average Bonchev–Trinajstić information content (AvgIpc) is 3.21. The van der Waals surface area contributed by atoms with Crippen LogP contribution in [-0.4, -0.2) is 60.6 Å². The molecule has 0 atom stereocenters. The first kappa shape index (κ1) is 22.6. The van der Waals surface area contributed by atoms with E-state index in [9.17, 15) is 4.79 Å². The first-order chi connectivity index (χ1) is 15.6. The van der Waals surface area contributed by atoms with E-state index >= 15 is 0 Å². The number of para-hydroxylation sites is 1. The third kappa shape index (κ3) is 5.23. The molecular weight excluding hydrogens is 446 g/mol. The Kier molecular flexibility index (Phi) is 7.29. The predicted molar refractivity (Wildman–Crippen MR) is 130 cm³/mol. The molecule has 0 bridgehead atoms. The number of amides is 1. The molecule has 0 N–H and O–H groups in total. The monoisotopic (exact) mass is 471 g/mol. The maximum Gasteiger partial charge on any atom is 0.246 e. The first-order valence-electron chi connectivity index (χ1n) is 10.6. The van der Waals surface area contributed by atoms with Crippen LogP contribution in [0, 0.1) is 0 Å². The van der Waals surface area contributed by atoms with Crippen LogP contribution in [-0.2, 0) is 11.3 Å². The maximum absolute atomic E-state index is 12.7. The third-order valence-corrected chi connectivity index (χ3v) is 6.64. The lowest BCUT2D eigenvalue weighted by molar-refractivity contribution is -0.127. The summed E-state index contributed by atoms with van der Waals surface area (Å²) in [5, 5.41) is 1.58. The summed E-state index contributed by atoms with van der Waals surface area (Å²) in [5.74, 6) is 1.06. The van der Waals surface area contributed by atoms with Crippen LogP contribution in [0.1, 0.15) is 17.5 Å². The van der Waals surface area contributed by atoms with E-state index in [1.54, 1.807) is 36.7 Å². The summed E-state index contributed by atoms with van der Waals surface area (Å²) in [4.78, 5) is 21.6. The molecule has 1 aliphatic rings. The highest BCUT2D eigenvalue weighted by Gasteiger charge is 2.21. The van der Waals surface area contributed by atoms with E-state index in [-0.39, 0.29) is 5.91 Å². The minimum absolute atomic E-state index is 0.00592. The largest absolute Gasteiger partial charge is 0.493 e. The molecular formula is C24H26ClN3O3S. The number of halogens is 1. The van der Waals surface area contributed by atoms with Gasteiger partial charge in [-0.15, -0.1) is 11.3 Å². The average molecular weight is 472 g/mol. The Labute approximate surface area is 197 Å². The molecule has 0 spiro atoms. The topological polar surface area (TPSA) is 54.9 Å². The quantitative estimate of drug-likeness (QED) is 0.467. The Bertz CT molecular complexity index is 1090. The molecule has 2 heterocycles. The zero-order chi connectivity index (χ0) is 22.5. The summed E-state index contributed by atoms with van der Waals surface area (Å²) >= 11 is 8.06. The van der Waals surface area contributed by atoms with Crippen molar-refractivity contribution in [1.82, 2.24) is 14.8 Å². The van der Waals surface area contributed by atoms with Gasteiger partial charge in [0.2, 0.25) is 5.91 Å². The molecule has 1 amide bonds. The van der Waals surface area contributed by atoms with Crippen molar-refractivity contribution < 1.29 is 14.3 Å². The van der Waals surface area contributed by atoms with Gasteiger partial charge >= 0.3 is 0 Å². The molecule has 0 saturated carbocycles. The summed E-state index contributed by atoms with van der Waals surface area (Å²) < 4.78 is 12.1. The van der Waals surface area contributed by atoms with E-state index in [1.165, 1.54) is 4.70 Å². The second-order valence-corrected chi connectivity index (χ2v) is 9.00. The van der Waals surface area contributed by atoms with Gasteiger partial charge in [0.25, 0.3) is 0 Å². The second-order valence-electron chi connectivity index (χ2n) is 7.48. The van der Waals surface area contributed by atoms with Gasteiger partial charge in [-0.05, 0) is 42.8 Å². The number of ether oxygens (including phenoxy) is 2. The highest BCUT2D eigenvalue weighted by atomic mass is 35.5. The van der Waals surface area contributed by atoms with Crippen LogP contribution in [0.3, 0.4) is 0 Å². The van der Waals surface area contributed by atoms with Crippen molar-refractivity contribution in [3.63, 3.8) is 0 Å². The molecule has 0 aliphatic carbocycles. The molecule has 1 aromatic heterocycles. The summed E-state index contributed by atoms with van der Waals surface area (Å²) in [5.41, 5.74) is 1.84. The summed E-state index contributed by atoms with van der Waals surface area (Å²) in [6, 6.07) is 11.8. The fourth-order valence-corrected chi connectivity index (χ4v) is 4.98. The molecule has 2 aromatic carbocycles. The predicted octanol–water partition coefficient (Wildman–Crippen LogP) is 4.71. The number of benzene rings is 2. The first-order valence-corrected chi connectivity index (χ1v) is 11.8. The van der Waals surface area contributed by atoms with Gasteiger partial charge in [0.1, 0.15) is 5.01 Å². The Morgan fingerprint density at radius 2 is 2.00 bits per heavy atom. The highest BCUT2D eigenvalue weighted by Crippen LogP contribution is 2.36. The van der Waals surface area contributed by atoms with E-state index in [0.29, 0.717) is 36.2 Å². The lowest BCUT2D eigenvalue weighted by Crippen LogP contribution is -2.47. The van der Waals surface area contributed by atoms with Crippen molar-refractivity contribution in [2.24, 2.45) is 0 Å². The summed E-state index contributed by atoms with van der Waals surface area (Å²) in [6.07, 6.45) is 3.36. The molecule has 1 saturated heterocycles. The normalized spacial score (nSPS) is 14.9. The van der Waals surface area contributed by atoms with Crippen LogP contribution in [0.2, 0.25) is 5.02 Å². The van der Waals surface area contributed by atoms with Crippen molar-refractivity contribution in [2.75, 3.05) is 39.9 Å². The summed E-state index contributed by atoms with van der Waals surface area (Å²) in [7, 11) is 1.57. The number of carbonyl (C=O) groups excluding carboxylic acids is 1. The number of carbonyl (C=O) groups is 1. The van der Waals surface area contributed by atoms with Crippen LogP contribution in [0.25, 0.3) is 16.3 Å². The van der Waals surface area contributed by atoms with E-state index < -0.39 is 0 Å². The van der Waals surface area contributed by atoms with Crippen LogP contribution in [0.5, 0.6) is 11.5 Å². The fourth-order valence-electron chi connectivity index (χ4n) is 3.70. The maximum atomic E-state index is 12.7. The van der Waals surface area contributed by atoms with Gasteiger partial charge < -0.3 is 14.4 Å². The molecule has 3 aromatic rings. The zero-order valence-electron chi connectivity index (χ0n) is 18.2. The Balaban J connectivity index is 1.33. The molecule has 6 nitrogen and oxygen atoms in total. The fraction of sp³-hybridized carbons (Fsp3) is 0.333. The summed E-state index contributed by atoms with van der Waals surface area (Å²) in [6.45, 7) is 6.26. The minimum Gasteiger partial charge on any atom is -0.493 e. The van der Waals surface area contributed by atoms with Crippen molar-refractivity contribution in [1.29, 1.82) is 0 Å². The van der Waals surface area contributed by atoms with Gasteiger partial charge in [0.05, 0.1) is 35.5 Å². The number of hydrogen-bond donors (Lipinski definition) is 0. The lowest BCUT2D eigenvalue weighted by Gasteiger charge is -2.33. The van der Waals surface area contributed by atoms with Crippen LogP contribution in [0.15, 0.2) is 42.5 Å². The number of nitrogens with zero attached hydrogens (tertiary/aromatic N) is 3. The van der Waals surface area contributed by atoms with Gasteiger partial charge in [-0.1, -0.05) is 23.7 Å². The lowest BCUT2D eigenvalue weighted by atomic mass is 10.1. The smallest absolute Gasteiger partial charge is 0.246 e. The Morgan fingerprint density at radius 3 is 2.72 bits per heavy atom. The van der Waals surface area contributed by atoms with Crippen molar-refractivity contribution in [2.45, 2.75) is 13.5 Å². The minimum atomic E-state index is -0.00592. The van der Waals surface area contributed by atoms with Crippen LogP contribution in [0.4, 0.5) is 0 Å². The van der Waals surface area contributed by atoms with E-state index in [4.69, 9.17) is 26.1 Å². The molecule has 0 radical (unpaired) electrons. The Hall–Kier alpha value is -2.61. The van der Waals surface area contributed by atoms with Gasteiger partial charge in [0.15, 0.2) is 11.5 Å². The standard InChI is InChI=1S/C24H26ClN3O3S/c1-3-31-24-18(25)14-17(15-20(24)30-2)8-9-23(29)28-12-10-27(11-13-28)16-22-26-19-6-4-5-7-21(19)32-22/h4-9,14-15H,3,10-13,16H2,1-2H3.